The second-order valence-electron chi connectivity index (χ2n) is 7.69. The molecule has 0 aromatic heterocycles. The molecule has 1 atom stereocenters. The third-order valence-electron chi connectivity index (χ3n) is 6.04. The Balaban J connectivity index is 1.51. The van der Waals surface area contributed by atoms with Gasteiger partial charge in [-0.1, -0.05) is 18.2 Å². The average molecular weight is 380 g/mol. The first-order valence-corrected chi connectivity index (χ1v) is 9.96. The van der Waals surface area contributed by atoms with E-state index < -0.39 is 0 Å². The van der Waals surface area contributed by atoms with Gasteiger partial charge in [0.1, 0.15) is 0 Å². The van der Waals surface area contributed by atoms with Crippen molar-refractivity contribution in [2.45, 2.75) is 38.8 Å². The monoisotopic (exact) mass is 380 g/mol. The average Bonchev–Trinajstić information content (AvgIpc) is 2.74. The number of para-hydroxylation sites is 1. The zero-order valence-electron chi connectivity index (χ0n) is 16.9. The maximum Gasteiger partial charge on any atom is 0.242 e. The van der Waals surface area contributed by atoms with Crippen molar-refractivity contribution in [1.82, 2.24) is 4.90 Å². The molecular formula is C23H28N2O3. The number of ether oxygens (including phenoxy) is 2. The van der Waals surface area contributed by atoms with Gasteiger partial charge in [0.2, 0.25) is 5.91 Å². The summed E-state index contributed by atoms with van der Waals surface area (Å²) in [5.41, 5.74) is 4.93. The number of methoxy groups -OCH3 is 2. The van der Waals surface area contributed by atoms with Crippen molar-refractivity contribution in [3.8, 4) is 11.5 Å². The number of amides is 1. The van der Waals surface area contributed by atoms with Crippen LogP contribution in [0, 0.1) is 0 Å². The van der Waals surface area contributed by atoms with Gasteiger partial charge in [-0.25, -0.2) is 0 Å². The fourth-order valence-corrected chi connectivity index (χ4v) is 4.34. The van der Waals surface area contributed by atoms with Crippen LogP contribution in [0.2, 0.25) is 0 Å². The first kappa shape index (κ1) is 18.7. The van der Waals surface area contributed by atoms with E-state index in [4.69, 9.17) is 9.47 Å². The fraction of sp³-hybridized carbons (Fsp3) is 0.435. The summed E-state index contributed by atoms with van der Waals surface area (Å²) < 4.78 is 10.8. The number of aryl methyl sites for hydroxylation is 1. The van der Waals surface area contributed by atoms with Gasteiger partial charge in [-0.05, 0) is 61.1 Å². The second-order valence-corrected chi connectivity index (χ2v) is 7.69. The molecule has 2 aromatic rings. The van der Waals surface area contributed by atoms with Crippen molar-refractivity contribution in [3.05, 3.63) is 53.1 Å². The molecule has 2 aromatic carbocycles. The number of carbonyl (C=O) groups excluding carboxylic acids is 1. The van der Waals surface area contributed by atoms with Gasteiger partial charge in [0.15, 0.2) is 11.5 Å². The van der Waals surface area contributed by atoms with Crippen LogP contribution in [-0.4, -0.2) is 44.2 Å². The summed E-state index contributed by atoms with van der Waals surface area (Å²) >= 11 is 0. The maximum atomic E-state index is 13.1. The molecule has 0 radical (unpaired) electrons. The van der Waals surface area contributed by atoms with E-state index in [0.29, 0.717) is 24.9 Å². The molecule has 2 aliphatic heterocycles. The molecule has 5 nitrogen and oxygen atoms in total. The number of hydrogen-bond donors (Lipinski definition) is 0. The van der Waals surface area contributed by atoms with Crippen LogP contribution in [0.1, 0.15) is 30.0 Å². The lowest BCUT2D eigenvalue weighted by Crippen LogP contribution is -2.47. The predicted octanol–water partition coefficient (Wildman–Crippen LogP) is 3.43. The van der Waals surface area contributed by atoms with E-state index in [-0.39, 0.29) is 5.91 Å². The molecule has 0 bridgehead atoms. The number of carbonyl (C=O) groups is 1. The van der Waals surface area contributed by atoms with Gasteiger partial charge in [-0.3, -0.25) is 4.79 Å². The van der Waals surface area contributed by atoms with E-state index in [1.54, 1.807) is 14.2 Å². The minimum absolute atomic E-state index is 0.184. The van der Waals surface area contributed by atoms with E-state index in [9.17, 15) is 4.79 Å². The first-order valence-electron chi connectivity index (χ1n) is 9.96. The number of fused-ring (bicyclic) bond motifs is 2. The summed E-state index contributed by atoms with van der Waals surface area (Å²) in [6.07, 6.45) is 3.01. The molecule has 0 N–H and O–H groups in total. The van der Waals surface area contributed by atoms with Crippen molar-refractivity contribution < 1.29 is 14.3 Å². The van der Waals surface area contributed by atoms with Crippen LogP contribution in [0.15, 0.2) is 36.4 Å². The topological polar surface area (TPSA) is 42.0 Å². The Morgan fingerprint density at radius 2 is 1.75 bits per heavy atom. The van der Waals surface area contributed by atoms with Crippen LogP contribution in [0.25, 0.3) is 0 Å². The van der Waals surface area contributed by atoms with Crippen LogP contribution >= 0.6 is 0 Å². The van der Waals surface area contributed by atoms with E-state index in [1.807, 2.05) is 17.0 Å². The molecule has 0 aliphatic carbocycles. The van der Waals surface area contributed by atoms with Gasteiger partial charge in [-0.2, -0.15) is 0 Å². The van der Waals surface area contributed by atoms with Gasteiger partial charge < -0.3 is 19.3 Å². The molecule has 0 saturated heterocycles. The summed E-state index contributed by atoms with van der Waals surface area (Å²) in [4.78, 5) is 17.4. The summed E-state index contributed by atoms with van der Waals surface area (Å²) in [5.74, 6) is 1.65. The lowest BCUT2D eigenvalue weighted by molar-refractivity contribution is -0.130. The standard InChI is InChI=1S/C23H28N2O3/c1-16-8-9-17-6-4-5-7-20(17)25(16)15-23(26)24-11-10-18-12-21(27-2)22(28-3)13-19(18)14-24/h4-7,12-13,16H,8-11,14-15H2,1-3H3. The number of rotatable bonds is 4. The largest absolute Gasteiger partial charge is 0.493 e. The highest BCUT2D eigenvalue weighted by atomic mass is 16.5. The third kappa shape index (κ3) is 3.41. The molecule has 0 saturated carbocycles. The van der Waals surface area contributed by atoms with Crippen molar-refractivity contribution in [3.63, 3.8) is 0 Å². The minimum atomic E-state index is 0.184. The smallest absolute Gasteiger partial charge is 0.242 e. The highest BCUT2D eigenvalue weighted by molar-refractivity contribution is 5.82. The van der Waals surface area contributed by atoms with E-state index in [2.05, 4.69) is 36.1 Å². The van der Waals surface area contributed by atoms with Gasteiger partial charge >= 0.3 is 0 Å². The van der Waals surface area contributed by atoms with Crippen molar-refractivity contribution >= 4 is 11.6 Å². The molecule has 1 unspecified atom stereocenters. The Morgan fingerprint density at radius 3 is 2.50 bits per heavy atom. The normalized spacial score (nSPS) is 18.3. The molecule has 0 spiro atoms. The molecule has 5 heteroatoms. The molecule has 148 valence electrons. The Bertz CT molecular complexity index is 880. The quantitative estimate of drug-likeness (QED) is 0.815. The SMILES string of the molecule is COc1cc2c(cc1OC)CN(C(=O)CN1c3ccccc3CCC1C)CC2. The summed E-state index contributed by atoms with van der Waals surface area (Å²) in [6, 6.07) is 12.9. The second kappa shape index (κ2) is 7.74. The van der Waals surface area contributed by atoms with Crippen LogP contribution in [0.3, 0.4) is 0 Å². The minimum Gasteiger partial charge on any atom is -0.493 e. The third-order valence-corrected chi connectivity index (χ3v) is 6.04. The Kier molecular flexibility index (Phi) is 5.16. The zero-order valence-corrected chi connectivity index (χ0v) is 16.9. The molecule has 2 aliphatic rings. The number of nitrogens with zero attached hydrogens (tertiary/aromatic N) is 2. The molecule has 4 rings (SSSR count). The summed E-state index contributed by atoms with van der Waals surface area (Å²) in [5, 5.41) is 0. The fourth-order valence-electron chi connectivity index (χ4n) is 4.34. The molecule has 2 heterocycles. The first-order chi connectivity index (χ1) is 13.6. The van der Waals surface area contributed by atoms with Gasteiger partial charge in [-0.15, -0.1) is 0 Å². The Morgan fingerprint density at radius 1 is 1.04 bits per heavy atom. The lowest BCUT2D eigenvalue weighted by Gasteiger charge is -2.38. The molecule has 28 heavy (non-hydrogen) atoms. The van der Waals surface area contributed by atoms with E-state index in [1.165, 1.54) is 16.8 Å². The van der Waals surface area contributed by atoms with Crippen LogP contribution in [0.4, 0.5) is 5.69 Å². The number of benzene rings is 2. The van der Waals surface area contributed by atoms with Crippen molar-refractivity contribution in [2.24, 2.45) is 0 Å². The van der Waals surface area contributed by atoms with E-state index in [0.717, 1.165) is 37.1 Å². The predicted molar refractivity (Wildman–Crippen MR) is 110 cm³/mol. The van der Waals surface area contributed by atoms with Crippen LogP contribution in [0.5, 0.6) is 11.5 Å². The highest BCUT2D eigenvalue weighted by Gasteiger charge is 2.28. The maximum absolute atomic E-state index is 13.1. The molecule has 1 amide bonds. The Hall–Kier alpha value is -2.69. The van der Waals surface area contributed by atoms with Gasteiger partial charge in [0.05, 0.1) is 20.8 Å². The number of hydrogen-bond acceptors (Lipinski definition) is 4. The van der Waals surface area contributed by atoms with Crippen molar-refractivity contribution in [2.75, 3.05) is 32.2 Å². The van der Waals surface area contributed by atoms with Gasteiger partial charge in [0, 0.05) is 24.8 Å². The van der Waals surface area contributed by atoms with Crippen LogP contribution in [-0.2, 0) is 24.2 Å². The summed E-state index contributed by atoms with van der Waals surface area (Å²) in [6.45, 7) is 4.01. The summed E-state index contributed by atoms with van der Waals surface area (Å²) in [7, 11) is 3.30. The molecule has 0 fully saturated rings. The van der Waals surface area contributed by atoms with Crippen molar-refractivity contribution in [1.29, 1.82) is 0 Å². The van der Waals surface area contributed by atoms with E-state index >= 15 is 0 Å². The lowest BCUT2D eigenvalue weighted by atomic mass is 9.96. The van der Waals surface area contributed by atoms with Crippen LogP contribution < -0.4 is 14.4 Å². The van der Waals surface area contributed by atoms with Gasteiger partial charge in [0.25, 0.3) is 0 Å². The Labute approximate surface area is 166 Å². The zero-order chi connectivity index (χ0) is 19.7. The number of anilines is 1. The molecular weight excluding hydrogens is 352 g/mol. The highest BCUT2D eigenvalue weighted by Crippen LogP contribution is 2.34.